The minimum Gasteiger partial charge on any atom is -0.465 e. The van der Waals surface area contributed by atoms with Gasteiger partial charge < -0.3 is 10.1 Å². The molecule has 0 radical (unpaired) electrons. The molecule has 2 aromatic carbocycles. The van der Waals surface area contributed by atoms with Crippen LogP contribution in [0, 0.1) is 0 Å². The van der Waals surface area contributed by atoms with E-state index >= 15 is 0 Å². The third-order valence-corrected chi connectivity index (χ3v) is 8.00. The van der Waals surface area contributed by atoms with E-state index in [1.54, 1.807) is 38.1 Å². The van der Waals surface area contributed by atoms with Crippen molar-refractivity contribution in [1.82, 2.24) is 5.32 Å². The van der Waals surface area contributed by atoms with Crippen molar-refractivity contribution in [3.8, 4) is 0 Å². The third-order valence-electron chi connectivity index (χ3n) is 5.96. The maximum atomic E-state index is 13.1. The molecule has 2 atom stereocenters. The van der Waals surface area contributed by atoms with E-state index in [2.05, 4.69) is 5.32 Å². The van der Waals surface area contributed by atoms with Crippen LogP contribution in [0.1, 0.15) is 49.8 Å². The van der Waals surface area contributed by atoms with Crippen LogP contribution in [0.3, 0.4) is 0 Å². The Kier molecular flexibility index (Phi) is 8.75. The molecule has 2 unspecified atom stereocenters. The average molecular weight is 551 g/mol. The number of benzene rings is 2. The fourth-order valence-electron chi connectivity index (χ4n) is 3.94. The van der Waals surface area contributed by atoms with Gasteiger partial charge in [0.05, 0.1) is 35.2 Å². The molecule has 0 fully saturated rings. The molecular weight excluding hydrogens is 524 g/mol. The first kappa shape index (κ1) is 27.3. The number of carbonyl (C=O) groups excluding carboxylic acids is 5. The van der Waals surface area contributed by atoms with Crippen LogP contribution in [0.15, 0.2) is 66.0 Å². The van der Waals surface area contributed by atoms with Crippen molar-refractivity contribution in [2.75, 3.05) is 17.3 Å². The molecule has 0 saturated heterocycles. The number of nitrogens with one attached hydrogen (secondary N) is 1. The molecule has 2 heterocycles. The van der Waals surface area contributed by atoms with Crippen LogP contribution < -0.4 is 10.2 Å². The van der Waals surface area contributed by atoms with E-state index in [9.17, 15) is 24.0 Å². The number of hydrogen-bond acceptors (Lipinski definition) is 8. The number of ketones is 1. The lowest BCUT2D eigenvalue weighted by molar-refractivity contribution is -0.142. The van der Waals surface area contributed by atoms with Crippen molar-refractivity contribution in [3.63, 3.8) is 0 Å². The molecule has 196 valence electrons. The summed E-state index contributed by atoms with van der Waals surface area (Å²) >= 11 is 2.65. The number of anilines is 1. The number of thiophene rings is 1. The van der Waals surface area contributed by atoms with Gasteiger partial charge in [0.15, 0.2) is 5.78 Å². The van der Waals surface area contributed by atoms with Gasteiger partial charge in [0.1, 0.15) is 5.25 Å². The Bertz CT molecular complexity index is 1320. The van der Waals surface area contributed by atoms with Crippen molar-refractivity contribution >= 4 is 58.3 Å². The quantitative estimate of drug-likeness (QED) is 0.282. The Morgan fingerprint density at radius 2 is 1.63 bits per heavy atom. The first-order valence-electron chi connectivity index (χ1n) is 12.0. The molecule has 0 bridgehead atoms. The average Bonchev–Trinajstić information content (AvgIpc) is 3.53. The number of carbonyl (C=O) groups is 5. The third kappa shape index (κ3) is 6.03. The predicted octanol–water partition coefficient (Wildman–Crippen LogP) is 4.14. The molecule has 1 aliphatic heterocycles. The van der Waals surface area contributed by atoms with E-state index in [1.807, 2.05) is 17.5 Å². The Labute approximate surface area is 228 Å². The molecule has 10 heteroatoms. The predicted molar refractivity (Wildman–Crippen MR) is 147 cm³/mol. The van der Waals surface area contributed by atoms with E-state index < -0.39 is 29.0 Å². The van der Waals surface area contributed by atoms with E-state index in [4.69, 9.17) is 4.74 Å². The fraction of sp³-hybridized carbons (Fsp3) is 0.250. The van der Waals surface area contributed by atoms with Gasteiger partial charge in [-0.05, 0) is 61.7 Å². The molecular formula is C28H26N2O6S2. The lowest BCUT2D eigenvalue weighted by Crippen LogP contribution is -2.43. The largest absolute Gasteiger partial charge is 0.465 e. The van der Waals surface area contributed by atoms with Gasteiger partial charge in [-0.1, -0.05) is 18.2 Å². The van der Waals surface area contributed by atoms with E-state index in [0.717, 1.165) is 9.78 Å². The summed E-state index contributed by atoms with van der Waals surface area (Å²) in [6, 6.07) is 15.7. The number of Topliss-reactive ketones (excluding diaryl/α,β-unsaturated/α-hetero) is 1. The second kappa shape index (κ2) is 12.2. The summed E-state index contributed by atoms with van der Waals surface area (Å²) in [5.74, 6) is -1.86. The first-order valence-corrected chi connectivity index (χ1v) is 13.9. The molecule has 8 nitrogen and oxygen atoms in total. The number of imide groups is 1. The number of fused-ring (bicyclic) bond motifs is 1. The van der Waals surface area contributed by atoms with Crippen LogP contribution in [0.25, 0.3) is 0 Å². The van der Waals surface area contributed by atoms with Crippen molar-refractivity contribution in [2.45, 2.75) is 31.6 Å². The number of hydrogen-bond donors (Lipinski definition) is 1. The minimum atomic E-state index is -0.793. The number of ether oxygens (including phenoxy) is 1. The van der Waals surface area contributed by atoms with Crippen LogP contribution in [-0.4, -0.2) is 53.1 Å². The minimum absolute atomic E-state index is 0.0367. The molecule has 0 aliphatic carbocycles. The Balaban J connectivity index is 1.44. The maximum absolute atomic E-state index is 13.1. The molecule has 38 heavy (non-hydrogen) atoms. The van der Waals surface area contributed by atoms with Gasteiger partial charge in [-0.2, -0.15) is 0 Å². The molecule has 4 rings (SSSR count). The van der Waals surface area contributed by atoms with Gasteiger partial charge in [0.25, 0.3) is 17.7 Å². The number of amides is 3. The summed E-state index contributed by atoms with van der Waals surface area (Å²) in [4.78, 5) is 65.5. The topological polar surface area (TPSA) is 110 Å². The summed E-state index contributed by atoms with van der Waals surface area (Å²) in [7, 11) is 0. The van der Waals surface area contributed by atoms with E-state index in [0.29, 0.717) is 23.2 Å². The molecule has 3 aromatic rings. The second-order valence-corrected chi connectivity index (χ2v) is 10.9. The molecule has 1 aliphatic rings. The second-order valence-electron chi connectivity index (χ2n) is 8.52. The van der Waals surface area contributed by atoms with E-state index in [1.165, 1.54) is 47.4 Å². The molecule has 1 aromatic heterocycles. The van der Waals surface area contributed by atoms with Crippen LogP contribution in [0.2, 0.25) is 0 Å². The van der Waals surface area contributed by atoms with Crippen LogP contribution >= 0.6 is 23.1 Å². The zero-order valence-corrected chi connectivity index (χ0v) is 22.5. The number of esters is 1. The number of rotatable bonds is 11. The zero-order chi connectivity index (χ0) is 27.2. The maximum Gasteiger partial charge on any atom is 0.318 e. The van der Waals surface area contributed by atoms with Crippen LogP contribution in [0.5, 0.6) is 0 Å². The Morgan fingerprint density at radius 3 is 2.21 bits per heavy atom. The Hall–Kier alpha value is -3.76. The highest BCUT2D eigenvalue weighted by atomic mass is 32.2. The number of nitrogens with zero attached hydrogens (tertiary/aromatic N) is 1. The van der Waals surface area contributed by atoms with Crippen molar-refractivity contribution in [2.24, 2.45) is 0 Å². The smallest absolute Gasteiger partial charge is 0.318 e. The molecule has 1 N–H and O–H groups in total. The van der Waals surface area contributed by atoms with Gasteiger partial charge in [0, 0.05) is 16.9 Å². The molecule has 0 spiro atoms. The fourth-order valence-corrected chi connectivity index (χ4v) is 5.51. The zero-order valence-electron chi connectivity index (χ0n) is 20.8. The van der Waals surface area contributed by atoms with Crippen LogP contribution in [0.4, 0.5) is 5.69 Å². The SMILES string of the molecule is CCOC(=O)C(C)SCC(=O)C(Cc1cccs1)NC(=O)c1ccc(N2C(=O)c3ccccc3C2=O)cc1. The highest BCUT2D eigenvalue weighted by Crippen LogP contribution is 2.28. The molecule has 3 amide bonds. The summed E-state index contributed by atoms with van der Waals surface area (Å²) in [5.41, 5.74) is 1.30. The van der Waals surface area contributed by atoms with Crippen molar-refractivity contribution < 1.29 is 28.7 Å². The first-order chi connectivity index (χ1) is 18.3. The highest BCUT2D eigenvalue weighted by Gasteiger charge is 2.36. The molecule has 0 saturated carbocycles. The lowest BCUT2D eigenvalue weighted by Gasteiger charge is -2.19. The van der Waals surface area contributed by atoms with Gasteiger partial charge in [-0.25, -0.2) is 4.90 Å². The lowest BCUT2D eigenvalue weighted by atomic mass is 10.1. The monoisotopic (exact) mass is 550 g/mol. The van der Waals surface area contributed by atoms with Gasteiger partial charge in [-0.3, -0.25) is 24.0 Å². The number of thioether (sulfide) groups is 1. The van der Waals surface area contributed by atoms with Crippen molar-refractivity contribution in [1.29, 1.82) is 0 Å². The Morgan fingerprint density at radius 1 is 0.974 bits per heavy atom. The summed E-state index contributed by atoms with van der Waals surface area (Å²) in [5, 5.41) is 4.20. The highest BCUT2D eigenvalue weighted by molar-refractivity contribution is 8.01. The van der Waals surface area contributed by atoms with E-state index in [-0.39, 0.29) is 29.7 Å². The van der Waals surface area contributed by atoms with Gasteiger partial charge >= 0.3 is 5.97 Å². The summed E-state index contributed by atoms with van der Waals surface area (Å²) in [6.45, 7) is 3.67. The van der Waals surface area contributed by atoms with Crippen molar-refractivity contribution in [3.05, 3.63) is 87.6 Å². The van der Waals surface area contributed by atoms with Gasteiger partial charge in [-0.15, -0.1) is 23.1 Å². The standard InChI is InChI=1S/C28H26N2O6S2/c1-3-36-28(35)17(2)38-16-24(31)23(15-20-7-6-14-37-20)29-25(32)18-10-12-19(13-11-18)30-26(33)21-8-4-5-9-22(21)27(30)34/h4-14,17,23H,3,15-16H2,1-2H3,(H,29,32). The summed E-state index contributed by atoms with van der Waals surface area (Å²) in [6.07, 6.45) is 0.323. The summed E-state index contributed by atoms with van der Waals surface area (Å²) < 4.78 is 5.00. The van der Waals surface area contributed by atoms with Crippen LogP contribution in [-0.2, 0) is 20.7 Å². The van der Waals surface area contributed by atoms with Gasteiger partial charge in [0.2, 0.25) is 0 Å². The normalized spacial score (nSPS) is 14.1.